The van der Waals surface area contributed by atoms with Crippen molar-refractivity contribution in [3.63, 3.8) is 0 Å². The molecule has 1 aromatic heterocycles. The fraction of sp³-hybridized carbons (Fsp3) is 0.375. The van der Waals surface area contributed by atoms with Gasteiger partial charge in [0.2, 0.25) is 0 Å². The molecule has 0 atom stereocenters. The van der Waals surface area contributed by atoms with Gasteiger partial charge in [-0.1, -0.05) is 6.08 Å². The van der Waals surface area contributed by atoms with E-state index in [0.29, 0.717) is 6.54 Å². The van der Waals surface area contributed by atoms with Gasteiger partial charge in [0.25, 0.3) is 0 Å². The normalized spacial score (nSPS) is 11.1. The van der Waals surface area contributed by atoms with E-state index in [1.54, 1.807) is 6.33 Å². The Labute approximate surface area is 66.5 Å². The molecule has 0 saturated heterocycles. The minimum absolute atomic E-state index is 0.703. The number of nitrogens with zero attached hydrogens (tertiary/aromatic N) is 2. The van der Waals surface area contributed by atoms with E-state index in [9.17, 15) is 0 Å². The van der Waals surface area contributed by atoms with Gasteiger partial charge in [-0.05, 0) is 19.0 Å². The molecule has 0 radical (unpaired) electrons. The van der Waals surface area contributed by atoms with E-state index in [2.05, 4.69) is 11.1 Å². The summed E-state index contributed by atoms with van der Waals surface area (Å²) in [6, 6.07) is 0. The average molecular weight is 151 g/mol. The summed E-state index contributed by atoms with van der Waals surface area (Å²) in [5.41, 5.74) is 6.44. The maximum absolute atomic E-state index is 5.33. The van der Waals surface area contributed by atoms with Gasteiger partial charge in [-0.25, -0.2) is 4.98 Å². The number of rotatable bonds is 3. The molecule has 0 bridgehead atoms. The van der Waals surface area contributed by atoms with Crippen LogP contribution in [0, 0.1) is 0 Å². The molecule has 2 N–H and O–H groups in total. The lowest BCUT2D eigenvalue weighted by Gasteiger charge is -1.92. The van der Waals surface area contributed by atoms with Gasteiger partial charge >= 0.3 is 0 Å². The minimum Gasteiger partial charge on any atom is -0.334 e. The van der Waals surface area contributed by atoms with Gasteiger partial charge in [-0.2, -0.15) is 0 Å². The predicted octanol–water partition coefficient (Wildman–Crippen LogP) is 0.782. The van der Waals surface area contributed by atoms with Crippen molar-refractivity contribution < 1.29 is 0 Å². The van der Waals surface area contributed by atoms with Crippen molar-refractivity contribution in [3.05, 3.63) is 24.3 Å². The molecule has 0 aromatic carbocycles. The van der Waals surface area contributed by atoms with Crippen LogP contribution in [0.5, 0.6) is 0 Å². The zero-order valence-electron chi connectivity index (χ0n) is 6.70. The second-order valence-corrected chi connectivity index (χ2v) is 2.41. The molecule has 0 aliphatic carbocycles. The number of hydrogen-bond acceptors (Lipinski definition) is 2. The third-order valence-corrected chi connectivity index (χ3v) is 1.48. The summed E-state index contributed by atoms with van der Waals surface area (Å²) in [4.78, 5) is 3.98. The molecule has 1 heterocycles. The monoisotopic (exact) mass is 151 g/mol. The topological polar surface area (TPSA) is 43.8 Å². The maximum atomic E-state index is 5.33. The molecule has 0 spiro atoms. The first-order valence-electron chi connectivity index (χ1n) is 3.67. The Balaban J connectivity index is 2.56. The van der Waals surface area contributed by atoms with Crippen molar-refractivity contribution >= 4 is 6.08 Å². The van der Waals surface area contributed by atoms with Crippen LogP contribution in [0.15, 0.2) is 18.6 Å². The van der Waals surface area contributed by atoms with Crippen molar-refractivity contribution in [1.29, 1.82) is 0 Å². The van der Waals surface area contributed by atoms with E-state index in [4.69, 9.17) is 5.73 Å². The van der Waals surface area contributed by atoms with Crippen LogP contribution in [-0.4, -0.2) is 16.1 Å². The number of imidazole rings is 1. The Kier molecular flexibility index (Phi) is 2.86. The first-order valence-corrected chi connectivity index (χ1v) is 3.67. The van der Waals surface area contributed by atoms with Crippen LogP contribution >= 0.6 is 0 Å². The molecule has 0 amide bonds. The van der Waals surface area contributed by atoms with Crippen LogP contribution < -0.4 is 5.73 Å². The molecule has 1 aromatic rings. The molecule has 0 aliphatic rings. The van der Waals surface area contributed by atoms with Gasteiger partial charge in [-0.3, -0.25) is 0 Å². The van der Waals surface area contributed by atoms with Crippen molar-refractivity contribution in [2.45, 2.75) is 6.42 Å². The van der Waals surface area contributed by atoms with Crippen LogP contribution in [0.4, 0.5) is 0 Å². The summed E-state index contributed by atoms with van der Waals surface area (Å²) >= 11 is 0. The highest BCUT2D eigenvalue weighted by molar-refractivity contribution is 5.43. The Bertz CT molecular complexity index is 237. The molecule has 60 valence electrons. The van der Waals surface area contributed by atoms with E-state index in [0.717, 1.165) is 12.1 Å². The Hall–Kier alpha value is -1.09. The van der Waals surface area contributed by atoms with Crippen LogP contribution in [-0.2, 0) is 7.05 Å². The third kappa shape index (κ3) is 2.20. The largest absolute Gasteiger partial charge is 0.334 e. The third-order valence-electron chi connectivity index (χ3n) is 1.48. The number of hydrogen-bond donors (Lipinski definition) is 1. The van der Waals surface area contributed by atoms with Gasteiger partial charge in [0, 0.05) is 7.05 Å². The fourth-order valence-corrected chi connectivity index (χ4v) is 0.828. The molecule has 11 heavy (non-hydrogen) atoms. The highest BCUT2D eigenvalue weighted by Gasteiger charge is 1.89. The van der Waals surface area contributed by atoms with Crippen molar-refractivity contribution in [3.8, 4) is 0 Å². The van der Waals surface area contributed by atoms with Crippen LogP contribution in [0.3, 0.4) is 0 Å². The lowest BCUT2D eigenvalue weighted by atomic mass is 10.3. The van der Waals surface area contributed by atoms with E-state index >= 15 is 0 Å². The second-order valence-electron chi connectivity index (χ2n) is 2.41. The zero-order valence-corrected chi connectivity index (χ0v) is 6.70. The van der Waals surface area contributed by atoms with E-state index in [1.807, 2.05) is 23.9 Å². The Morgan fingerprint density at radius 3 is 3.09 bits per heavy atom. The van der Waals surface area contributed by atoms with Gasteiger partial charge in [0.05, 0.1) is 18.2 Å². The van der Waals surface area contributed by atoms with E-state index in [1.165, 1.54) is 0 Å². The fourth-order valence-electron chi connectivity index (χ4n) is 0.828. The number of nitrogens with two attached hydrogens (primary N) is 1. The zero-order chi connectivity index (χ0) is 8.10. The lowest BCUT2D eigenvalue weighted by Crippen LogP contribution is -1.95. The van der Waals surface area contributed by atoms with Crippen molar-refractivity contribution in [2.24, 2.45) is 12.8 Å². The Morgan fingerprint density at radius 1 is 1.73 bits per heavy atom. The molecule has 0 aliphatic heterocycles. The summed E-state index contributed by atoms with van der Waals surface area (Å²) in [6.45, 7) is 0.703. The number of aromatic nitrogens is 2. The second kappa shape index (κ2) is 3.93. The summed E-state index contributed by atoms with van der Waals surface area (Å²) in [5.74, 6) is 0. The molecular weight excluding hydrogens is 138 g/mol. The van der Waals surface area contributed by atoms with Crippen molar-refractivity contribution in [2.75, 3.05) is 6.54 Å². The van der Waals surface area contributed by atoms with Gasteiger partial charge in [0.15, 0.2) is 0 Å². The molecule has 3 heteroatoms. The Morgan fingerprint density at radius 2 is 2.55 bits per heavy atom. The molecule has 0 unspecified atom stereocenters. The summed E-state index contributed by atoms with van der Waals surface area (Å²) in [5, 5.41) is 0. The quantitative estimate of drug-likeness (QED) is 0.693. The molecule has 0 saturated carbocycles. The smallest absolute Gasteiger partial charge is 0.0948 e. The summed E-state index contributed by atoms with van der Waals surface area (Å²) in [6.07, 6.45) is 8.61. The molecule has 0 fully saturated rings. The van der Waals surface area contributed by atoms with E-state index < -0.39 is 0 Å². The summed E-state index contributed by atoms with van der Waals surface area (Å²) in [7, 11) is 1.97. The maximum Gasteiger partial charge on any atom is 0.0948 e. The highest BCUT2D eigenvalue weighted by atomic mass is 15.0. The van der Waals surface area contributed by atoms with Gasteiger partial charge in [-0.15, -0.1) is 0 Å². The molecule has 3 nitrogen and oxygen atoms in total. The van der Waals surface area contributed by atoms with Gasteiger partial charge in [0.1, 0.15) is 0 Å². The molecular formula is C8H13N3. The lowest BCUT2D eigenvalue weighted by molar-refractivity contribution is 0.901. The standard InChI is InChI=1S/C8H13N3/c1-11-7-10-6-8(11)4-2-3-5-9/h2,4,6-7H,3,5,9H2,1H3/b4-2+. The highest BCUT2D eigenvalue weighted by Crippen LogP contribution is 1.99. The first-order chi connectivity index (χ1) is 5.34. The summed E-state index contributed by atoms with van der Waals surface area (Å²) < 4.78 is 1.97. The van der Waals surface area contributed by atoms with Crippen LogP contribution in [0.25, 0.3) is 6.08 Å². The van der Waals surface area contributed by atoms with E-state index in [-0.39, 0.29) is 0 Å². The average Bonchev–Trinajstić information content (AvgIpc) is 2.37. The van der Waals surface area contributed by atoms with Crippen LogP contribution in [0.2, 0.25) is 0 Å². The minimum atomic E-state index is 0.703. The van der Waals surface area contributed by atoms with Gasteiger partial charge < -0.3 is 10.3 Å². The van der Waals surface area contributed by atoms with Crippen LogP contribution in [0.1, 0.15) is 12.1 Å². The van der Waals surface area contributed by atoms with Crippen molar-refractivity contribution in [1.82, 2.24) is 9.55 Å². The SMILES string of the molecule is Cn1cncc1/C=C/CCN. The number of aryl methyl sites for hydroxylation is 1. The predicted molar refractivity (Wildman–Crippen MR) is 45.9 cm³/mol. The molecule has 1 rings (SSSR count). The first kappa shape index (κ1) is 8.01.